The Hall–Kier alpha value is -0.973. The van der Waals surface area contributed by atoms with Crippen LogP contribution in [0, 0.1) is 0 Å². The van der Waals surface area contributed by atoms with E-state index in [1.54, 1.807) is 13.2 Å². The molecule has 3 nitrogen and oxygen atoms in total. The third-order valence-corrected chi connectivity index (χ3v) is 8.69. The Morgan fingerprint density at radius 2 is 1.91 bits per heavy atom. The first-order valence-corrected chi connectivity index (χ1v) is 10.8. The standard InChI is InChI=1S/C17H27ClO3Si/c1-17(2,3)22(5,6)21-15-10-8-13(11-16(15)20-4)7-9-14(19)12-18/h7-11,14,19H,12H2,1-6H3/b9-7+/t14-/m1/s1. The number of halogens is 1. The number of rotatable bonds is 6. The van der Waals surface area contributed by atoms with E-state index >= 15 is 0 Å². The number of ether oxygens (including phenoxy) is 1. The average Bonchev–Trinajstić information content (AvgIpc) is 2.44. The van der Waals surface area contributed by atoms with Gasteiger partial charge in [0, 0.05) is 0 Å². The van der Waals surface area contributed by atoms with Gasteiger partial charge in [-0.15, -0.1) is 11.6 Å². The van der Waals surface area contributed by atoms with E-state index in [0.717, 1.165) is 11.3 Å². The number of aliphatic hydroxyl groups is 1. The van der Waals surface area contributed by atoms with Crippen molar-refractivity contribution in [2.45, 2.75) is 45.0 Å². The van der Waals surface area contributed by atoms with Crippen LogP contribution in [0.1, 0.15) is 26.3 Å². The molecule has 0 fully saturated rings. The lowest BCUT2D eigenvalue weighted by Gasteiger charge is -2.36. The second kappa shape index (κ2) is 7.53. The van der Waals surface area contributed by atoms with Crippen molar-refractivity contribution in [3.63, 3.8) is 0 Å². The third-order valence-electron chi connectivity index (χ3n) is 4.03. The van der Waals surface area contributed by atoms with Gasteiger partial charge >= 0.3 is 0 Å². The zero-order valence-corrected chi connectivity index (χ0v) is 16.1. The van der Waals surface area contributed by atoms with Crippen LogP contribution in [0.15, 0.2) is 24.3 Å². The normalized spacial score (nSPS) is 14.2. The van der Waals surface area contributed by atoms with Crippen LogP contribution in [0.3, 0.4) is 0 Å². The molecule has 0 aliphatic heterocycles. The zero-order valence-electron chi connectivity index (χ0n) is 14.3. The van der Waals surface area contributed by atoms with Crippen LogP contribution in [0.5, 0.6) is 11.5 Å². The quantitative estimate of drug-likeness (QED) is 0.602. The molecule has 1 atom stereocenters. The minimum absolute atomic E-state index is 0.126. The van der Waals surface area contributed by atoms with E-state index in [-0.39, 0.29) is 10.9 Å². The van der Waals surface area contributed by atoms with Gasteiger partial charge in [0.15, 0.2) is 5.75 Å². The van der Waals surface area contributed by atoms with Gasteiger partial charge in [0.05, 0.1) is 19.1 Å². The molecular weight excluding hydrogens is 316 g/mol. The zero-order chi connectivity index (χ0) is 17.0. The summed E-state index contributed by atoms with van der Waals surface area (Å²) < 4.78 is 11.8. The fourth-order valence-corrected chi connectivity index (χ4v) is 2.70. The summed E-state index contributed by atoms with van der Waals surface area (Å²) in [6.07, 6.45) is 2.85. The molecule has 0 spiro atoms. The number of aliphatic hydroxyl groups excluding tert-OH is 1. The second-order valence-electron chi connectivity index (χ2n) is 6.85. The summed E-state index contributed by atoms with van der Waals surface area (Å²) in [6.45, 7) is 11.0. The summed E-state index contributed by atoms with van der Waals surface area (Å²) in [5.41, 5.74) is 0.934. The van der Waals surface area contributed by atoms with E-state index in [1.807, 2.05) is 24.3 Å². The van der Waals surface area contributed by atoms with Crippen LogP contribution in [0.4, 0.5) is 0 Å². The summed E-state index contributed by atoms with van der Waals surface area (Å²) in [5.74, 6) is 1.65. The highest BCUT2D eigenvalue weighted by Crippen LogP contribution is 2.40. The number of benzene rings is 1. The number of hydrogen-bond donors (Lipinski definition) is 1. The van der Waals surface area contributed by atoms with E-state index in [9.17, 15) is 5.11 Å². The Bertz CT molecular complexity index is 521. The molecule has 0 unspecified atom stereocenters. The summed E-state index contributed by atoms with van der Waals surface area (Å²) in [7, 11) is -0.275. The average molecular weight is 343 g/mol. The molecule has 0 saturated carbocycles. The molecule has 1 rings (SSSR count). The number of alkyl halides is 1. The summed E-state index contributed by atoms with van der Waals surface area (Å²) in [4.78, 5) is 0. The van der Waals surface area contributed by atoms with Crippen molar-refractivity contribution in [3.8, 4) is 11.5 Å². The second-order valence-corrected chi connectivity index (χ2v) is 11.9. The minimum Gasteiger partial charge on any atom is -0.541 e. The predicted molar refractivity (Wildman–Crippen MR) is 96.6 cm³/mol. The molecule has 0 saturated heterocycles. The lowest BCUT2D eigenvalue weighted by atomic mass is 10.1. The van der Waals surface area contributed by atoms with E-state index in [2.05, 4.69) is 33.9 Å². The lowest BCUT2D eigenvalue weighted by molar-refractivity contribution is 0.248. The largest absolute Gasteiger partial charge is 0.541 e. The molecular formula is C17H27ClO3Si. The molecule has 1 N–H and O–H groups in total. The van der Waals surface area contributed by atoms with Gasteiger partial charge in [-0.2, -0.15) is 0 Å². The van der Waals surface area contributed by atoms with Crippen molar-refractivity contribution in [2.24, 2.45) is 0 Å². The maximum absolute atomic E-state index is 9.47. The molecule has 0 radical (unpaired) electrons. The van der Waals surface area contributed by atoms with Gasteiger partial charge in [-0.25, -0.2) is 0 Å². The van der Waals surface area contributed by atoms with Crippen molar-refractivity contribution >= 4 is 26.0 Å². The topological polar surface area (TPSA) is 38.7 Å². The first kappa shape index (κ1) is 19.1. The van der Waals surface area contributed by atoms with Crippen LogP contribution >= 0.6 is 11.6 Å². The van der Waals surface area contributed by atoms with Gasteiger partial charge in [-0.1, -0.05) is 39.0 Å². The molecule has 0 aliphatic carbocycles. The van der Waals surface area contributed by atoms with Gasteiger partial charge in [-0.05, 0) is 35.8 Å². The van der Waals surface area contributed by atoms with Crippen molar-refractivity contribution < 1.29 is 14.3 Å². The minimum atomic E-state index is -1.91. The van der Waals surface area contributed by atoms with Crippen molar-refractivity contribution in [2.75, 3.05) is 13.0 Å². The maximum atomic E-state index is 9.47. The van der Waals surface area contributed by atoms with Gasteiger partial charge in [0.25, 0.3) is 8.32 Å². The van der Waals surface area contributed by atoms with Gasteiger partial charge in [0.1, 0.15) is 5.75 Å². The summed E-state index contributed by atoms with van der Waals surface area (Å²) in [6, 6.07) is 5.77. The van der Waals surface area contributed by atoms with Crippen molar-refractivity contribution in [1.82, 2.24) is 0 Å². The maximum Gasteiger partial charge on any atom is 0.250 e. The van der Waals surface area contributed by atoms with E-state index in [1.165, 1.54) is 0 Å². The van der Waals surface area contributed by atoms with Crippen LogP contribution in [-0.4, -0.2) is 32.5 Å². The summed E-state index contributed by atoms with van der Waals surface area (Å²) in [5, 5.41) is 9.60. The molecule has 0 aliphatic rings. The third kappa shape index (κ3) is 5.04. The Morgan fingerprint density at radius 1 is 1.27 bits per heavy atom. The SMILES string of the molecule is COc1cc(/C=C/[C@@H](O)CCl)ccc1O[Si](C)(C)C(C)(C)C. The molecule has 0 heterocycles. The van der Waals surface area contributed by atoms with E-state index < -0.39 is 14.4 Å². The monoisotopic (exact) mass is 342 g/mol. The van der Waals surface area contributed by atoms with Crippen LogP contribution < -0.4 is 9.16 Å². The molecule has 0 bridgehead atoms. The number of methoxy groups -OCH3 is 1. The Kier molecular flexibility index (Phi) is 6.53. The molecule has 5 heteroatoms. The number of hydrogen-bond acceptors (Lipinski definition) is 3. The molecule has 1 aromatic carbocycles. The van der Waals surface area contributed by atoms with Crippen LogP contribution in [0.25, 0.3) is 6.08 Å². The highest BCUT2D eigenvalue weighted by Gasteiger charge is 2.39. The fraction of sp³-hybridized carbons (Fsp3) is 0.529. The smallest absolute Gasteiger partial charge is 0.250 e. The highest BCUT2D eigenvalue weighted by molar-refractivity contribution is 6.74. The van der Waals surface area contributed by atoms with Crippen molar-refractivity contribution in [1.29, 1.82) is 0 Å². The Labute approximate surface area is 140 Å². The van der Waals surface area contributed by atoms with Gasteiger partial charge in [-0.3, -0.25) is 0 Å². The van der Waals surface area contributed by atoms with Crippen molar-refractivity contribution in [3.05, 3.63) is 29.8 Å². The van der Waals surface area contributed by atoms with Crippen LogP contribution in [0.2, 0.25) is 18.1 Å². The fourth-order valence-electron chi connectivity index (χ4n) is 1.57. The molecule has 124 valence electrons. The Balaban J connectivity index is 3.02. The van der Waals surface area contributed by atoms with E-state index in [0.29, 0.717) is 5.75 Å². The first-order valence-electron chi connectivity index (χ1n) is 7.40. The highest BCUT2D eigenvalue weighted by atomic mass is 35.5. The first-order chi connectivity index (χ1) is 10.1. The molecule has 1 aromatic rings. The Morgan fingerprint density at radius 3 is 2.41 bits per heavy atom. The molecule has 22 heavy (non-hydrogen) atoms. The predicted octanol–water partition coefficient (Wildman–Crippen LogP) is 4.69. The van der Waals surface area contributed by atoms with Gasteiger partial charge in [0.2, 0.25) is 0 Å². The van der Waals surface area contributed by atoms with E-state index in [4.69, 9.17) is 20.8 Å². The molecule has 0 amide bonds. The van der Waals surface area contributed by atoms with Gasteiger partial charge < -0.3 is 14.3 Å². The lowest BCUT2D eigenvalue weighted by Crippen LogP contribution is -2.43. The van der Waals surface area contributed by atoms with Crippen LogP contribution in [-0.2, 0) is 0 Å². The summed E-state index contributed by atoms with van der Waals surface area (Å²) >= 11 is 5.58. The molecule has 0 aromatic heterocycles.